The summed E-state index contributed by atoms with van der Waals surface area (Å²) in [6.07, 6.45) is 3.09. The van der Waals surface area contributed by atoms with Gasteiger partial charge < -0.3 is 14.5 Å². The van der Waals surface area contributed by atoms with E-state index in [1.54, 1.807) is 49.2 Å². The maximum Gasteiger partial charge on any atom is 0.243 e. The van der Waals surface area contributed by atoms with Crippen molar-refractivity contribution in [1.82, 2.24) is 5.32 Å². The van der Waals surface area contributed by atoms with Gasteiger partial charge in [0.05, 0.1) is 30.6 Å². The summed E-state index contributed by atoms with van der Waals surface area (Å²) in [5, 5.41) is 2.85. The zero-order valence-electron chi connectivity index (χ0n) is 17.0. The van der Waals surface area contributed by atoms with Crippen LogP contribution in [-0.2, 0) is 20.6 Å². The van der Waals surface area contributed by atoms with Crippen LogP contribution in [0.15, 0.2) is 47.1 Å². The van der Waals surface area contributed by atoms with Crippen LogP contribution >= 0.6 is 11.8 Å². The van der Waals surface area contributed by atoms with Crippen molar-refractivity contribution in [2.45, 2.75) is 32.1 Å². The number of anilines is 1. The van der Waals surface area contributed by atoms with Crippen LogP contribution in [0.5, 0.6) is 5.75 Å². The van der Waals surface area contributed by atoms with E-state index in [9.17, 15) is 13.2 Å². The molecule has 1 aromatic heterocycles. The first-order chi connectivity index (χ1) is 13.9. The molecule has 0 unspecified atom stereocenters. The Balaban J connectivity index is 2.00. The second-order valence-electron chi connectivity index (χ2n) is 6.33. The zero-order chi connectivity index (χ0) is 21.3. The van der Waals surface area contributed by atoms with E-state index >= 15 is 0 Å². The van der Waals surface area contributed by atoms with Crippen molar-refractivity contribution < 1.29 is 22.4 Å². The van der Waals surface area contributed by atoms with Crippen LogP contribution < -0.4 is 14.4 Å². The number of ether oxygens (including phenoxy) is 1. The number of carbonyl (C=O) groups is 1. The number of hydrogen-bond acceptors (Lipinski definition) is 6. The Morgan fingerprint density at radius 1 is 1.24 bits per heavy atom. The minimum absolute atomic E-state index is 0.314. The quantitative estimate of drug-likeness (QED) is 0.510. The third-order valence-electron chi connectivity index (χ3n) is 4.10. The summed E-state index contributed by atoms with van der Waals surface area (Å²) in [5.41, 5.74) is 0.435. The molecule has 0 spiro atoms. The fraction of sp³-hybridized carbons (Fsp3) is 0.450. The molecule has 9 heteroatoms. The van der Waals surface area contributed by atoms with Crippen LogP contribution in [0.4, 0.5) is 5.69 Å². The van der Waals surface area contributed by atoms with E-state index in [2.05, 4.69) is 5.32 Å². The lowest BCUT2D eigenvalue weighted by Gasteiger charge is -2.30. The molecule has 0 radical (unpaired) electrons. The number of benzene rings is 1. The first-order valence-corrected chi connectivity index (χ1v) is 12.5. The Morgan fingerprint density at radius 3 is 2.52 bits per heavy atom. The second-order valence-corrected chi connectivity index (χ2v) is 9.30. The third kappa shape index (κ3) is 7.01. The van der Waals surface area contributed by atoms with E-state index in [0.717, 1.165) is 17.8 Å². The van der Waals surface area contributed by atoms with Crippen molar-refractivity contribution in [2.24, 2.45) is 0 Å². The number of rotatable bonds is 12. The Hall–Kier alpha value is -2.13. The predicted octanol–water partition coefficient (Wildman–Crippen LogP) is 3.27. The van der Waals surface area contributed by atoms with Gasteiger partial charge >= 0.3 is 0 Å². The summed E-state index contributed by atoms with van der Waals surface area (Å²) in [6.45, 7) is 4.64. The lowest BCUT2D eigenvalue weighted by molar-refractivity contribution is -0.122. The highest BCUT2D eigenvalue weighted by atomic mass is 32.2. The Kier molecular flexibility index (Phi) is 8.91. The van der Waals surface area contributed by atoms with E-state index in [-0.39, 0.29) is 5.91 Å². The molecule has 0 aliphatic carbocycles. The van der Waals surface area contributed by atoms with Crippen molar-refractivity contribution in [3.8, 4) is 5.75 Å². The molecule has 0 aliphatic rings. The Morgan fingerprint density at radius 2 is 1.97 bits per heavy atom. The number of furan rings is 1. The maximum absolute atomic E-state index is 12.7. The van der Waals surface area contributed by atoms with Gasteiger partial charge in [-0.1, -0.05) is 6.92 Å². The number of thioether (sulfide) groups is 1. The van der Waals surface area contributed by atoms with Crippen LogP contribution in [0.3, 0.4) is 0 Å². The maximum atomic E-state index is 12.7. The zero-order valence-corrected chi connectivity index (χ0v) is 18.6. The van der Waals surface area contributed by atoms with E-state index in [1.807, 2.05) is 19.1 Å². The average Bonchev–Trinajstić information content (AvgIpc) is 3.19. The molecular formula is C20H28N2O5S2. The molecule has 2 rings (SSSR count). The fourth-order valence-corrected chi connectivity index (χ4v) is 4.82. The topological polar surface area (TPSA) is 88.8 Å². The summed E-state index contributed by atoms with van der Waals surface area (Å²) < 4.78 is 36.8. The Labute approximate surface area is 176 Å². The summed E-state index contributed by atoms with van der Waals surface area (Å²) in [7, 11) is -3.65. The number of nitrogens with zero attached hydrogens (tertiary/aromatic N) is 1. The number of sulfonamides is 1. The highest BCUT2D eigenvalue weighted by Crippen LogP contribution is 2.25. The number of nitrogens with one attached hydrogen (secondary N) is 1. The van der Waals surface area contributed by atoms with Crippen LogP contribution in [-0.4, -0.2) is 45.5 Å². The highest BCUT2D eigenvalue weighted by molar-refractivity contribution is 7.98. The molecule has 1 atom stereocenters. The Bertz CT molecular complexity index is 852. The summed E-state index contributed by atoms with van der Waals surface area (Å²) in [5.74, 6) is 2.64. The van der Waals surface area contributed by atoms with Gasteiger partial charge in [-0.2, -0.15) is 11.8 Å². The van der Waals surface area contributed by atoms with Gasteiger partial charge in [0.1, 0.15) is 17.6 Å². The van der Waals surface area contributed by atoms with Gasteiger partial charge in [0.2, 0.25) is 15.9 Å². The van der Waals surface area contributed by atoms with Gasteiger partial charge in [-0.3, -0.25) is 9.10 Å². The lowest BCUT2D eigenvalue weighted by atomic mass is 10.2. The summed E-state index contributed by atoms with van der Waals surface area (Å²) in [4.78, 5) is 12.7. The molecular weight excluding hydrogens is 412 g/mol. The molecule has 2 aromatic rings. The van der Waals surface area contributed by atoms with E-state index < -0.39 is 16.1 Å². The van der Waals surface area contributed by atoms with Gasteiger partial charge in [0, 0.05) is 12.3 Å². The van der Waals surface area contributed by atoms with Gasteiger partial charge in [-0.05, 0) is 49.7 Å². The molecule has 160 valence electrons. The van der Waals surface area contributed by atoms with Crippen LogP contribution in [0.1, 0.15) is 26.0 Å². The molecule has 0 fully saturated rings. The molecule has 1 heterocycles. The van der Waals surface area contributed by atoms with Crippen molar-refractivity contribution in [3.05, 3.63) is 48.4 Å². The average molecular weight is 441 g/mol. The van der Waals surface area contributed by atoms with Crippen LogP contribution in [0.25, 0.3) is 0 Å². The highest BCUT2D eigenvalue weighted by Gasteiger charge is 2.31. The molecule has 1 amide bonds. The molecule has 0 saturated heterocycles. The minimum atomic E-state index is -3.65. The number of hydrogen-bond donors (Lipinski definition) is 1. The number of carbonyl (C=O) groups excluding carboxylic acids is 1. The molecule has 7 nitrogen and oxygen atoms in total. The molecule has 0 saturated carbocycles. The van der Waals surface area contributed by atoms with E-state index in [1.165, 1.54) is 4.31 Å². The smallest absolute Gasteiger partial charge is 0.243 e. The monoisotopic (exact) mass is 440 g/mol. The largest absolute Gasteiger partial charge is 0.494 e. The van der Waals surface area contributed by atoms with Gasteiger partial charge in [-0.15, -0.1) is 0 Å². The predicted molar refractivity (Wildman–Crippen MR) is 117 cm³/mol. The summed E-state index contributed by atoms with van der Waals surface area (Å²) >= 11 is 1.63. The van der Waals surface area contributed by atoms with Crippen LogP contribution in [0.2, 0.25) is 0 Å². The summed E-state index contributed by atoms with van der Waals surface area (Å²) in [6, 6.07) is 9.63. The minimum Gasteiger partial charge on any atom is -0.494 e. The first-order valence-electron chi connectivity index (χ1n) is 9.47. The molecule has 1 aromatic carbocycles. The lowest BCUT2D eigenvalue weighted by Crippen LogP contribution is -2.49. The van der Waals surface area contributed by atoms with Crippen molar-refractivity contribution in [1.29, 1.82) is 0 Å². The molecule has 29 heavy (non-hydrogen) atoms. The van der Waals surface area contributed by atoms with Crippen LogP contribution in [0, 0.1) is 0 Å². The van der Waals surface area contributed by atoms with E-state index in [4.69, 9.17) is 9.15 Å². The number of amides is 1. The normalized spacial score (nSPS) is 12.4. The molecule has 0 aliphatic heterocycles. The van der Waals surface area contributed by atoms with Gasteiger partial charge in [-0.25, -0.2) is 8.42 Å². The van der Waals surface area contributed by atoms with E-state index in [0.29, 0.717) is 36.8 Å². The fourth-order valence-electron chi connectivity index (χ4n) is 2.85. The second kappa shape index (κ2) is 11.2. The van der Waals surface area contributed by atoms with Gasteiger partial charge in [0.15, 0.2) is 0 Å². The SMILES string of the molecule is CCOc1ccc(N([C@H](CC)C(=O)NCCSCc2ccco2)S(C)(=O)=O)cc1. The standard InChI is InChI=1S/C20H28N2O5S2/c1-4-19(20(23)21-12-14-28-15-18-7-6-13-27-18)22(29(3,24)25)16-8-10-17(11-9-16)26-5-2/h6-11,13,19H,4-5,12,14-15H2,1-3H3,(H,21,23)/t19-/m1/s1. The van der Waals surface area contributed by atoms with Crippen molar-refractivity contribution in [2.75, 3.05) is 29.5 Å². The van der Waals surface area contributed by atoms with Crippen molar-refractivity contribution >= 4 is 33.4 Å². The third-order valence-corrected chi connectivity index (χ3v) is 6.26. The van der Waals surface area contributed by atoms with Crippen molar-refractivity contribution in [3.63, 3.8) is 0 Å². The molecule has 0 bridgehead atoms. The first kappa shape index (κ1) is 23.2. The van der Waals surface area contributed by atoms with Gasteiger partial charge in [0.25, 0.3) is 0 Å². The molecule has 1 N–H and O–H groups in total.